The molecule has 0 radical (unpaired) electrons. The van der Waals surface area contributed by atoms with Gasteiger partial charge in [-0.25, -0.2) is 18.2 Å². The van der Waals surface area contributed by atoms with E-state index in [0.717, 1.165) is 22.3 Å². The van der Waals surface area contributed by atoms with Crippen LogP contribution in [0.5, 0.6) is 0 Å². The second kappa shape index (κ2) is 8.00. The van der Waals surface area contributed by atoms with Gasteiger partial charge in [0.05, 0.1) is 23.3 Å². The van der Waals surface area contributed by atoms with Gasteiger partial charge < -0.3 is 0 Å². The van der Waals surface area contributed by atoms with Crippen molar-refractivity contribution >= 4 is 40.0 Å². The molecule has 5 nitrogen and oxygen atoms in total. The zero-order chi connectivity index (χ0) is 19.4. The highest BCUT2D eigenvalue weighted by Gasteiger charge is 2.21. The minimum Gasteiger partial charge on any atom is -0.278 e. The Bertz CT molecular complexity index is 989. The van der Waals surface area contributed by atoms with Crippen LogP contribution in [-0.2, 0) is 4.79 Å². The fraction of sp³-hybridized carbons (Fsp3) is 0.0556. The van der Waals surface area contributed by atoms with E-state index in [1.54, 1.807) is 5.38 Å². The van der Waals surface area contributed by atoms with Crippen molar-refractivity contribution in [2.75, 3.05) is 10.3 Å². The molecule has 0 saturated heterocycles. The minimum atomic E-state index is -0.867. The van der Waals surface area contributed by atoms with E-state index in [4.69, 9.17) is 0 Å². The Balaban J connectivity index is 1.78. The lowest BCUT2D eigenvalue weighted by atomic mass is 10.2. The van der Waals surface area contributed by atoms with Crippen molar-refractivity contribution in [2.45, 2.75) is 6.92 Å². The van der Waals surface area contributed by atoms with E-state index in [-0.39, 0.29) is 16.6 Å². The SMILES string of the molecule is CC(=O)N(c1nc(/C=N\Nc2ccc(F)cc2)cs1)c1ccc(F)cc1F. The molecule has 1 aromatic heterocycles. The molecule has 0 aliphatic rings. The van der Waals surface area contributed by atoms with Gasteiger partial charge in [0, 0.05) is 18.4 Å². The molecule has 0 spiro atoms. The number of hydrogen-bond donors (Lipinski definition) is 1. The lowest BCUT2D eigenvalue weighted by Crippen LogP contribution is -2.23. The fourth-order valence-corrected chi connectivity index (χ4v) is 3.04. The zero-order valence-electron chi connectivity index (χ0n) is 14.0. The standard InChI is InChI=1S/C18H13F3N4OS/c1-11(26)25(17-7-4-13(20)8-16(17)21)18-23-15(10-27-18)9-22-24-14-5-2-12(19)3-6-14/h2-10,24H,1H3/b22-9-. The van der Waals surface area contributed by atoms with E-state index in [2.05, 4.69) is 15.5 Å². The van der Waals surface area contributed by atoms with E-state index in [1.807, 2.05) is 0 Å². The summed E-state index contributed by atoms with van der Waals surface area (Å²) in [6, 6.07) is 8.57. The molecule has 0 bridgehead atoms. The van der Waals surface area contributed by atoms with Crippen LogP contribution in [0.25, 0.3) is 0 Å². The zero-order valence-corrected chi connectivity index (χ0v) is 14.8. The van der Waals surface area contributed by atoms with Crippen LogP contribution in [-0.4, -0.2) is 17.1 Å². The molecule has 1 heterocycles. The van der Waals surface area contributed by atoms with Gasteiger partial charge in [0.25, 0.3) is 0 Å². The number of thiazole rings is 1. The van der Waals surface area contributed by atoms with Gasteiger partial charge in [0.1, 0.15) is 17.5 Å². The van der Waals surface area contributed by atoms with Crippen LogP contribution < -0.4 is 10.3 Å². The van der Waals surface area contributed by atoms with Crippen LogP contribution in [0.4, 0.5) is 29.7 Å². The highest BCUT2D eigenvalue weighted by atomic mass is 32.1. The Morgan fingerprint density at radius 2 is 1.85 bits per heavy atom. The minimum absolute atomic E-state index is 0.0915. The molecule has 0 unspecified atom stereocenters. The smallest absolute Gasteiger partial charge is 0.230 e. The first-order valence-corrected chi connectivity index (χ1v) is 8.58. The van der Waals surface area contributed by atoms with Crippen LogP contribution in [0, 0.1) is 17.5 Å². The van der Waals surface area contributed by atoms with E-state index >= 15 is 0 Å². The van der Waals surface area contributed by atoms with Crippen LogP contribution in [0.15, 0.2) is 52.9 Å². The lowest BCUT2D eigenvalue weighted by Gasteiger charge is -2.18. The normalized spacial score (nSPS) is 11.0. The molecule has 3 rings (SSSR count). The van der Waals surface area contributed by atoms with Crippen molar-refractivity contribution < 1.29 is 18.0 Å². The molecular weight excluding hydrogens is 377 g/mol. The molecular formula is C18H13F3N4OS. The lowest BCUT2D eigenvalue weighted by molar-refractivity contribution is -0.115. The Hall–Kier alpha value is -3.20. The van der Waals surface area contributed by atoms with Gasteiger partial charge in [-0.3, -0.25) is 15.1 Å². The Morgan fingerprint density at radius 3 is 2.52 bits per heavy atom. The van der Waals surface area contributed by atoms with Crippen molar-refractivity contribution in [2.24, 2.45) is 5.10 Å². The van der Waals surface area contributed by atoms with Gasteiger partial charge in [0.2, 0.25) is 5.91 Å². The summed E-state index contributed by atoms with van der Waals surface area (Å²) in [7, 11) is 0. The number of nitrogens with zero attached hydrogens (tertiary/aromatic N) is 3. The number of benzene rings is 2. The molecule has 0 aliphatic carbocycles. The number of hydrogen-bond acceptors (Lipinski definition) is 5. The maximum Gasteiger partial charge on any atom is 0.230 e. The summed E-state index contributed by atoms with van der Waals surface area (Å²) >= 11 is 1.11. The number of carbonyl (C=O) groups is 1. The van der Waals surface area contributed by atoms with Gasteiger partial charge in [-0.05, 0) is 36.4 Å². The topological polar surface area (TPSA) is 57.6 Å². The summed E-state index contributed by atoms with van der Waals surface area (Å²) in [6.07, 6.45) is 1.41. The molecule has 0 atom stereocenters. The van der Waals surface area contributed by atoms with Gasteiger partial charge >= 0.3 is 0 Å². The average Bonchev–Trinajstić information content (AvgIpc) is 3.07. The molecule has 0 aliphatic heterocycles. The maximum atomic E-state index is 14.1. The van der Waals surface area contributed by atoms with Gasteiger partial charge in [-0.2, -0.15) is 5.10 Å². The third kappa shape index (κ3) is 4.50. The van der Waals surface area contributed by atoms with Crippen molar-refractivity contribution in [3.8, 4) is 0 Å². The Morgan fingerprint density at radius 1 is 1.15 bits per heavy atom. The third-order valence-corrected chi connectivity index (χ3v) is 4.25. The Labute approximate surface area is 156 Å². The summed E-state index contributed by atoms with van der Waals surface area (Å²) in [5.74, 6) is -2.43. The number of hydrazone groups is 1. The van der Waals surface area contributed by atoms with Crippen molar-refractivity contribution in [1.29, 1.82) is 0 Å². The number of nitrogens with one attached hydrogen (secondary N) is 1. The average molecular weight is 390 g/mol. The summed E-state index contributed by atoms with van der Waals surface area (Å²) < 4.78 is 40.0. The largest absolute Gasteiger partial charge is 0.278 e. The van der Waals surface area contributed by atoms with Gasteiger partial charge in [0.15, 0.2) is 5.13 Å². The first-order chi connectivity index (χ1) is 12.9. The first kappa shape index (κ1) is 18.6. The molecule has 2 aromatic carbocycles. The molecule has 9 heteroatoms. The number of aromatic nitrogens is 1. The third-order valence-electron chi connectivity index (χ3n) is 3.40. The van der Waals surface area contributed by atoms with Crippen LogP contribution >= 0.6 is 11.3 Å². The summed E-state index contributed by atoms with van der Waals surface area (Å²) in [5.41, 5.74) is 3.64. The van der Waals surface area contributed by atoms with Gasteiger partial charge in [-0.15, -0.1) is 11.3 Å². The molecule has 0 fully saturated rings. The van der Waals surface area contributed by atoms with Crippen molar-refractivity contribution in [3.05, 3.63) is 71.0 Å². The number of amides is 1. The van der Waals surface area contributed by atoms with Crippen molar-refractivity contribution in [1.82, 2.24) is 4.98 Å². The summed E-state index contributed by atoms with van der Waals surface area (Å²) in [4.78, 5) is 17.3. The number of halogens is 3. The maximum absolute atomic E-state index is 14.1. The van der Waals surface area contributed by atoms with Crippen LogP contribution in [0.1, 0.15) is 12.6 Å². The highest BCUT2D eigenvalue weighted by molar-refractivity contribution is 7.14. The van der Waals surface area contributed by atoms with Crippen LogP contribution in [0.2, 0.25) is 0 Å². The van der Waals surface area contributed by atoms with E-state index in [1.165, 1.54) is 43.5 Å². The van der Waals surface area contributed by atoms with Crippen molar-refractivity contribution in [3.63, 3.8) is 0 Å². The van der Waals surface area contributed by atoms with Crippen LogP contribution in [0.3, 0.4) is 0 Å². The molecule has 3 aromatic rings. The first-order valence-electron chi connectivity index (χ1n) is 7.70. The number of carbonyl (C=O) groups excluding carboxylic acids is 1. The quantitative estimate of drug-likeness (QED) is 0.508. The molecule has 27 heavy (non-hydrogen) atoms. The monoisotopic (exact) mass is 390 g/mol. The molecule has 1 amide bonds. The second-order valence-electron chi connectivity index (χ2n) is 5.38. The number of rotatable bonds is 5. The molecule has 0 saturated carbocycles. The second-order valence-corrected chi connectivity index (χ2v) is 6.22. The molecule has 138 valence electrons. The van der Waals surface area contributed by atoms with E-state index in [0.29, 0.717) is 17.4 Å². The predicted molar refractivity (Wildman–Crippen MR) is 98.9 cm³/mol. The summed E-state index contributed by atoms with van der Waals surface area (Å²) in [5, 5.41) is 5.83. The van der Waals surface area contributed by atoms with E-state index in [9.17, 15) is 18.0 Å². The van der Waals surface area contributed by atoms with Gasteiger partial charge in [-0.1, -0.05) is 0 Å². The van der Waals surface area contributed by atoms with E-state index < -0.39 is 17.5 Å². The highest BCUT2D eigenvalue weighted by Crippen LogP contribution is 2.30. The fourth-order valence-electron chi connectivity index (χ4n) is 2.21. The molecule has 1 N–H and O–H groups in total. The summed E-state index contributed by atoms with van der Waals surface area (Å²) in [6.45, 7) is 1.26. The Kier molecular flexibility index (Phi) is 5.51. The predicted octanol–water partition coefficient (Wildman–Crippen LogP) is 4.69. The number of anilines is 3.